The quantitative estimate of drug-likeness (QED) is 0.594. The summed E-state index contributed by atoms with van der Waals surface area (Å²) in [6, 6.07) is 25.3. The van der Waals surface area contributed by atoms with Crippen LogP contribution >= 0.6 is 0 Å². The third kappa shape index (κ3) is 6.31. The third-order valence-electron chi connectivity index (χ3n) is 3.04. The second-order valence-corrected chi connectivity index (χ2v) is 5.55. The Morgan fingerprint density at radius 1 is 0.720 bits per heavy atom. The Bertz CT molecular complexity index is 794. The summed E-state index contributed by atoms with van der Waals surface area (Å²) < 4.78 is 39.9. The SMILES string of the molecule is N#Cc1cc(-c2ccccc2)[o+]c(-c2ccccc2)c1.[O-][Cl+3]([O-])([O-])[O-]. The summed E-state index contributed by atoms with van der Waals surface area (Å²) >= 11 is 0. The summed E-state index contributed by atoms with van der Waals surface area (Å²) in [4.78, 5) is 0. The van der Waals surface area contributed by atoms with Gasteiger partial charge in [-0.3, -0.25) is 0 Å². The number of benzene rings is 2. The molecule has 0 unspecified atom stereocenters. The zero-order valence-electron chi connectivity index (χ0n) is 12.8. The van der Waals surface area contributed by atoms with Gasteiger partial charge in [-0.05, 0) is 24.3 Å². The Balaban J connectivity index is 0.000000399. The molecule has 0 radical (unpaired) electrons. The number of rotatable bonds is 2. The first-order valence-electron chi connectivity index (χ1n) is 6.98. The number of hydrogen-bond donors (Lipinski definition) is 0. The fourth-order valence-corrected chi connectivity index (χ4v) is 2.06. The van der Waals surface area contributed by atoms with Gasteiger partial charge < -0.3 is 0 Å². The molecule has 0 spiro atoms. The maximum Gasteiger partial charge on any atom is 0.362 e. The van der Waals surface area contributed by atoms with E-state index in [4.69, 9.17) is 23.1 Å². The van der Waals surface area contributed by atoms with Crippen molar-refractivity contribution < 1.29 is 33.3 Å². The van der Waals surface area contributed by atoms with Gasteiger partial charge in [0.05, 0.1) is 34.9 Å². The molecule has 0 N–H and O–H groups in total. The van der Waals surface area contributed by atoms with Gasteiger partial charge in [0.2, 0.25) is 0 Å². The highest BCUT2D eigenvalue weighted by molar-refractivity contribution is 5.65. The topological polar surface area (TPSA) is 127 Å². The molecule has 7 heteroatoms. The van der Waals surface area contributed by atoms with Gasteiger partial charge in [0.25, 0.3) is 0 Å². The summed E-state index contributed by atoms with van der Waals surface area (Å²) in [5.41, 5.74) is 2.51. The highest BCUT2D eigenvalue weighted by Gasteiger charge is 2.19. The predicted molar refractivity (Wildman–Crippen MR) is 78.7 cm³/mol. The Morgan fingerprint density at radius 3 is 1.40 bits per heavy atom. The summed E-state index contributed by atoms with van der Waals surface area (Å²) in [5.74, 6) is 1.40. The van der Waals surface area contributed by atoms with Crippen LogP contribution in [0.4, 0.5) is 0 Å². The van der Waals surface area contributed by atoms with E-state index in [1.54, 1.807) is 12.1 Å². The molecule has 1 aromatic heterocycles. The molecule has 25 heavy (non-hydrogen) atoms. The fraction of sp³-hybridized carbons (Fsp3) is 0. The van der Waals surface area contributed by atoms with E-state index in [1.165, 1.54) is 0 Å². The maximum absolute atomic E-state index is 9.19. The summed E-state index contributed by atoms with van der Waals surface area (Å²) in [6.45, 7) is 0. The average molecular weight is 358 g/mol. The van der Waals surface area contributed by atoms with Gasteiger partial charge in [-0.15, -0.1) is 10.2 Å². The summed E-state index contributed by atoms with van der Waals surface area (Å²) in [7, 11) is -4.94. The molecule has 0 atom stereocenters. The molecular weight excluding hydrogens is 346 g/mol. The monoisotopic (exact) mass is 357 g/mol. The Labute approximate surface area is 146 Å². The first kappa shape index (κ1) is 18.5. The minimum atomic E-state index is -4.94. The second-order valence-electron chi connectivity index (χ2n) is 4.80. The molecule has 6 nitrogen and oxygen atoms in total. The first-order chi connectivity index (χ1) is 11.9. The Kier molecular flexibility index (Phi) is 6.19. The van der Waals surface area contributed by atoms with E-state index in [1.807, 2.05) is 60.7 Å². The van der Waals surface area contributed by atoms with E-state index in [0.29, 0.717) is 17.1 Å². The molecule has 2 aromatic carbocycles. The summed E-state index contributed by atoms with van der Waals surface area (Å²) in [6.07, 6.45) is 0. The average Bonchev–Trinajstić information content (AvgIpc) is 2.61. The van der Waals surface area contributed by atoms with Crippen LogP contribution in [-0.4, -0.2) is 0 Å². The molecular formula is C18H12ClNO5. The molecule has 3 aromatic rings. The first-order valence-corrected chi connectivity index (χ1v) is 8.21. The second kappa shape index (κ2) is 8.35. The van der Waals surface area contributed by atoms with E-state index >= 15 is 0 Å². The lowest BCUT2D eigenvalue weighted by Gasteiger charge is -2.17. The lowest BCUT2D eigenvalue weighted by molar-refractivity contribution is -2.00. The zero-order valence-corrected chi connectivity index (χ0v) is 13.6. The molecule has 0 saturated carbocycles. The van der Waals surface area contributed by atoms with E-state index in [0.717, 1.165) is 11.1 Å². The van der Waals surface area contributed by atoms with Crippen molar-refractivity contribution in [2.45, 2.75) is 0 Å². The van der Waals surface area contributed by atoms with E-state index in [9.17, 15) is 5.26 Å². The van der Waals surface area contributed by atoms with E-state index < -0.39 is 10.2 Å². The Hall–Kier alpha value is -2.79. The van der Waals surface area contributed by atoms with Gasteiger partial charge in [-0.1, -0.05) is 36.4 Å². The standard InChI is InChI=1S/C18H12NO.ClHO4/c19-13-14-11-17(15-7-3-1-4-8-15)20-18(12-14)16-9-5-2-6-10-16;2-1(3,4)5/h1-12H;(H,2,3,4,5)/q+1;/p-1. The van der Waals surface area contributed by atoms with Gasteiger partial charge in [0, 0.05) is 0 Å². The molecule has 0 aliphatic carbocycles. The van der Waals surface area contributed by atoms with Gasteiger partial charge >= 0.3 is 11.5 Å². The molecule has 0 aliphatic rings. The minimum Gasteiger partial charge on any atom is -0.222 e. The highest BCUT2D eigenvalue weighted by atomic mass is 35.7. The predicted octanol–water partition coefficient (Wildman–Crippen LogP) is 0.0104. The van der Waals surface area contributed by atoms with E-state index in [-0.39, 0.29) is 0 Å². The van der Waals surface area contributed by atoms with Crippen molar-refractivity contribution >= 4 is 0 Å². The third-order valence-corrected chi connectivity index (χ3v) is 3.04. The van der Waals surface area contributed by atoms with Gasteiger partial charge in [0.1, 0.15) is 0 Å². The lowest BCUT2D eigenvalue weighted by Crippen LogP contribution is -2.68. The van der Waals surface area contributed by atoms with Crippen molar-refractivity contribution in [3.05, 3.63) is 78.4 Å². The highest BCUT2D eigenvalue weighted by Crippen LogP contribution is 2.27. The number of halogens is 1. The van der Waals surface area contributed by atoms with Crippen molar-refractivity contribution in [1.29, 1.82) is 5.26 Å². The van der Waals surface area contributed by atoms with Crippen LogP contribution in [-0.2, 0) is 0 Å². The van der Waals surface area contributed by atoms with Crippen molar-refractivity contribution in [2.75, 3.05) is 0 Å². The van der Waals surface area contributed by atoms with Crippen LogP contribution in [0.5, 0.6) is 0 Å². The zero-order chi connectivity index (χ0) is 18.3. The number of hydrogen-bond acceptors (Lipinski definition) is 5. The van der Waals surface area contributed by atoms with Crippen LogP contribution in [0.3, 0.4) is 0 Å². The molecule has 0 amide bonds. The van der Waals surface area contributed by atoms with Crippen LogP contribution in [0.15, 0.2) is 77.2 Å². The van der Waals surface area contributed by atoms with Crippen molar-refractivity contribution in [1.82, 2.24) is 0 Å². The minimum absolute atomic E-state index is 0.592. The van der Waals surface area contributed by atoms with Gasteiger partial charge in [-0.2, -0.15) is 5.26 Å². The van der Waals surface area contributed by atoms with Crippen LogP contribution in [0.2, 0.25) is 0 Å². The fourth-order valence-electron chi connectivity index (χ4n) is 2.06. The maximum atomic E-state index is 9.19. The Morgan fingerprint density at radius 2 is 1.08 bits per heavy atom. The van der Waals surface area contributed by atoms with Crippen LogP contribution < -0.4 is 18.6 Å². The lowest BCUT2D eigenvalue weighted by atomic mass is 10.1. The van der Waals surface area contributed by atoms with Gasteiger partial charge in [0.15, 0.2) is 0 Å². The van der Waals surface area contributed by atoms with Crippen molar-refractivity contribution in [3.8, 4) is 28.7 Å². The molecule has 0 fully saturated rings. The van der Waals surface area contributed by atoms with Crippen LogP contribution in [0.1, 0.15) is 5.56 Å². The molecule has 126 valence electrons. The number of nitrogens with zero attached hydrogens (tertiary/aromatic N) is 1. The normalized spacial score (nSPS) is 10.4. The summed E-state index contributed by atoms with van der Waals surface area (Å²) in [5, 5.41) is 9.19. The van der Waals surface area contributed by atoms with Crippen LogP contribution in [0.25, 0.3) is 22.6 Å². The largest absolute Gasteiger partial charge is 0.362 e. The van der Waals surface area contributed by atoms with E-state index in [2.05, 4.69) is 6.07 Å². The molecule has 0 saturated heterocycles. The molecule has 0 bridgehead atoms. The molecule has 1 heterocycles. The smallest absolute Gasteiger partial charge is 0.222 e. The molecule has 0 aliphatic heterocycles. The number of nitriles is 1. The van der Waals surface area contributed by atoms with Crippen molar-refractivity contribution in [3.63, 3.8) is 0 Å². The van der Waals surface area contributed by atoms with Crippen LogP contribution in [0, 0.1) is 21.6 Å². The van der Waals surface area contributed by atoms with Crippen molar-refractivity contribution in [2.24, 2.45) is 0 Å². The molecule has 3 rings (SSSR count). The van der Waals surface area contributed by atoms with Gasteiger partial charge in [-0.25, -0.2) is 23.1 Å².